The highest BCUT2D eigenvalue weighted by Crippen LogP contribution is 2.31. The summed E-state index contributed by atoms with van der Waals surface area (Å²) >= 11 is 10.8. The number of nitrogens with zero attached hydrogens (tertiary/aromatic N) is 1. The molecule has 0 aliphatic rings. The molecule has 0 unspecified atom stereocenters. The number of thiazole rings is 1. The molecule has 2 aromatic rings. The summed E-state index contributed by atoms with van der Waals surface area (Å²) in [4.78, 5) is 16.5. The van der Waals surface area contributed by atoms with Crippen molar-refractivity contribution in [2.75, 3.05) is 12.4 Å². The van der Waals surface area contributed by atoms with Gasteiger partial charge in [-0.3, -0.25) is 0 Å². The van der Waals surface area contributed by atoms with E-state index in [4.69, 9.17) is 11.6 Å². The third-order valence-corrected chi connectivity index (χ3v) is 4.04. The SMILES string of the molecule is COC(=O)c1nc(Nc2ccc(Br)cc2Cl)sc1C. The number of esters is 1. The van der Waals surface area contributed by atoms with Gasteiger partial charge in [-0.25, -0.2) is 9.78 Å². The van der Waals surface area contributed by atoms with Crippen molar-refractivity contribution in [2.24, 2.45) is 0 Å². The zero-order chi connectivity index (χ0) is 14.0. The number of halogens is 2. The van der Waals surface area contributed by atoms with Crippen LogP contribution in [-0.4, -0.2) is 18.1 Å². The minimum Gasteiger partial charge on any atom is -0.464 e. The van der Waals surface area contributed by atoms with E-state index in [1.165, 1.54) is 18.4 Å². The summed E-state index contributed by atoms with van der Waals surface area (Å²) in [5.41, 5.74) is 1.05. The second-order valence-corrected chi connectivity index (χ2v) is 6.19. The zero-order valence-electron chi connectivity index (χ0n) is 10.2. The summed E-state index contributed by atoms with van der Waals surface area (Å²) in [7, 11) is 1.33. The lowest BCUT2D eigenvalue weighted by Crippen LogP contribution is -2.03. The lowest BCUT2D eigenvalue weighted by Gasteiger charge is -2.05. The van der Waals surface area contributed by atoms with Crippen molar-refractivity contribution in [3.63, 3.8) is 0 Å². The molecule has 1 aromatic heterocycles. The molecule has 7 heteroatoms. The first kappa shape index (κ1) is 14.3. The lowest BCUT2D eigenvalue weighted by atomic mass is 10.3. The van der Waals surface area contributed by atoms with Gasteiger partial charge >= 0.3 is 5.97 Å². The van der Waals surface area contributed by atoms with Crippen LogP contribution in [0.5, 0.6) is 0 Å². The number of nitrogens with one attached hydrogen (secondary N) is 1. The summed E-state index contributed by atoms with van der Waals surface area (Å²) in [6, 6.07) is 5.49. The summed E-state index contributed by atoms with van der Waals surface area (Å²) < 4.78 is 5.56. The van der Waals surface area contributed by atoms with E-state index < -0.39 is 5.97 Å². The van der Waals surface area contributed by atoms with Crippen molar-refractivity contribution in [3.8, 4) is 0 Å². The molecule has 0 saturated carbocycles. The Hall–Kier alpha value is -1.11. The first-order chi connectivity index (χ1) is 9.01. The van der Waals surface area contributed by atoms with Gasteiger partial charge in [0.05, 0.1) is 17.8 Å². The summed E-state index contributed by atoms with van der Waals surface area (Å²) in [6.45, 7) is 1.82. The van der Waals surface area contributed by atoms with E-state index in [9.17, 15) is 4.79 Å². The molecule has 0 radical (unpaired) electrons. The predicted octanol–water partition coefficient (Wildman–Crippen LogP) is 4.40. The number of aryl methyl sites for hydroxylation is 1. The molecule has 0 spiro atoms. The molecule has 19 heavy (non-hydrogen) atoms. The quantitative estimate of drug-likeness (QED) is 0.823. The van der Waals surface area contributed by atoms with Gasteiger partial charge in [0.2, 0.25) is 0 Å². The van der Waals surface area contributed by atoms with E-state index in [0.717, 1.165) is 15.0 Å². The summed E-state index contributed by atoms with van der Waals surface area (Å²) in [5, 5.41) is 4.26. The number of rotatable bonds is 3. The number of carbonyl (C=O) groups is 1. The fraction of sp³-hybridized carbons (Fsp3) is 0.167. The standard InChI is InChI=1S/C12H10BrClN2O2S/c1-6-10(11(17)18-2)16-12(19-6)15-9-4-3-7(13)5-8(9)14/h3-5H,1-2H3,(H,15,16). The highest BCUT2D eigenvalue weighted by molar-refractivity contribution is 9.10. The minimum atomic E-state index is -0.441. The minimum absolute atomic E-state index is 0.322. The lowest BCUT2D eigenvalue weighted by molar-refractivity contribution is 0.0594. The van der Waals surface area contributed by atoms with Crippen LogP contribution in [0.4, 0.5) is 10.8 Å². The zero-order valence-corrected chi connectivity index (χ0v) is 13.3. The van der Waals surface area contributed by atoms with Crippen LogP contribution in [-0.2, 0) is 4.74 Å². The summed E-state index contributed by atoms with van der Waals surface area (Å²) in [6.07, 6.45) is 0. The van der Waals surface area contributed by atoms with Gasteiger partial charge in [-0.2, -0.15) is 0 Å². The largest absolute Gasteiger partial charge is 0.464 e. The van der Waals surface area contributed by atoms with Gasteiger partial charge in [0, 0.05) is 9.35 Å². The van der Waals surface area contributed by atoms with Crippen LogP contribution in [0.3, 0.4) is 0 Å². The van der Waals surface area contributed by atoms with Crippen molar-refractivity contribution in [1.82, 2.24) is 4.98 Å². The Labute approximate surface area is 127 Å². The van der Waals surface area contributed by atoms with Crippen molar-refractivity contribution >= 4 is 55.7 Å². The Kier molecular flexibility index (Phi) is 4.44. The smallest absolute Gasteiger partial charge is 0.357 e. The molecule has 0 aliphatic carbocycles. The van der Waals surface area contributed by atoms with E-state index in [2.05, 4.69) is 31.0 Å². The molecule has 100 valence electrons. The van der Waals surface area contributed by atoms with Gasteiger partial charge in [-0.05, 0) is 25.1 Å². The molecule has 0 fully saturated rings. The van der Waals surface area contributed by atoms with Crippen LogP contribution in [0, 0.1) is 6.92 Å². The predicted molar refractivity (Wildman–Crippen MR) is 80.6 cm³/mol. The molecular formula is C12H10BrClN2O2S. The van der Waals surface area contributed by atoms with E-state index in [-0.39, 0.29) is 0 Å². The normalized spacial score (nSPS) is 10.3. The second-order valence-electron chi connectivity index (χ2n) is 3.66. The highest BCUT2D eigenvalue weighted by atomic mass is 79.9. The van der Waals surface area contributed by atoms with Crippen LogP contribution in [0.25, 0.3) is 0 Å². The van der Waals surface area contributed by atoms with Crippen LogP contribution >= 0.6 is 38.9 Å². The maximum absolute atomic E-state index is 11.5. The first-order valence-electron chi connectivity index (χ1n) is 5.29. The molecule has 1 N–H and O–H groups in total. The average Bonchev–Trinajstić information content (AvgIpc) is 2.73. The number of anilines is 2. The third kappa shape index (κ3) is 3.26. The topological polar surface area (TPSA) is 51.2 Å². The van der Waals surface area contributed by atoms with E-state index in [1.807, 2.05) is 19.1 Å². The van der Waals surface area contributed by atoms with Crippen molar-refractivity contribution in [3.05, 3.63) is 38.3 Å². The third-order valence-electron chi connectivity index (χ3n) is 2.35. The molecule has 0 bridgehead atoms. The summed E-state index contributed by atoms with van der Waals surface area (Å²) in [5.74, 6) is -0.441. The number of ether oxygens (including phenoxy) is 1. The Balaban J connectivity index is 2.26. The van der Waals surface area contributed by atoms with Crippen LogP contribution < -0.4 is 5.32 Å². The number of methoxy groups -OCH3 is 1. The van der Waals surface area contributed by atoms with E-state index in [0.29, 0.717) is 15.8 Å². The fourth-order valence-electron chi connectivity index (χ4n) is 1.44. The van der Waals surface area contributed by atoms with Crippen LogP contribution in [0.1, 0.15) is 15.4 Å². The van der Waals surface area contributed by atoms with Crippen molar-refractivity contribution in [2.45, 2.75) is 6.92 Å². The van der Waals surface area contributed by atoms with Crippen LogP contribution in [0.2, 0.25) is 5.02 Å². The maximum atomic E-state index is 11.5. The first-order valence-corrected chi connectivity index (χ1v) is 7.28. The van der Waals surface area contributed by atoms with Gasteiger partial charge in [0.15, 0.2) is 10.8 Å². The molecule has 0 atom stereocenters. The van der Waals surface area contributed by atoms with Crippen molar-refractivity contribution in [1.29, 1.82) is 0 Å². The number of hydrogen-bond acceptors (Lipinski definition) is 5. The Morgan fingerprint density at radius 3 is 2.89 bits per heavy atom. The van der Waals surface area contributed by atoms with Gasteiger partial charge in [0.25, 0.3) is 0 Å². The van der Waals surface area contributed by atoms with Gasteiger partial charge < -0.3 is 10.1 Å². The van der Waals surface area contributed by atoms with Crippen LogP contribution in [0.15, 0.2) is 22.7 Å². The fourth-order valence-corrected chi connectivity index (χ4v) is 2.98. The Morgan fingerprint density at radius 1 is 1.53 bits per heavy atom. The molecule has 1 aromatic carbocycles. The molecule has 0 saturated heterocycles. The average molecular weight is 362 g/mol. The second kappa shape index (κ2) is 5.90. The number of aromatic nitrogens is 1. The molecular weight excluding hydrogens is 352 g/mol. The molecule has 1 heterocycles. The Bertz CT molecular complexity index is 630. The highest BCUT2D eigenvalue weighted by Gasteiger charge is 2.16. The van der Waals surface area contributed by atoms with Gasteiger partial charge in [-0.15, -0.1) is 11.3 Å². The molecule has 0 amide bonds. The number of carbonyl (C=O) groups excluding carboxylic acids is 1. The molecule has 0 aliphatic heterocycles. The maximum Gasteiger partial charge on any atom is 0.357 e. The monoisotopic (exact) mass is 360 g/mol. The van der Waals surface area contributed by atoms with Crippen molar-refractivity contribution < 1.29 is 9.53 Å². The van der Waals surface area contributed by atoms with Gasteiger partial charge in [0.1, 0.15) is 0 Å². The van der Waals surface area contributed by atoms with E-state index in [1.54, 1.807) is 6.07 Å². The van der Waals surface area contributed by atoms with Gasteiger partial charge in [-0.1, -0.05) is 27.5 Å². The number of hydrogen-bond donors (Lipinski definition) is 1. The number of benzene rings is 1. The van der Waals surface area contributed by atoms with E-state index >= 15 is 0 Å². The Morgan fingerprint density at radius 2 is 2.26 bits per heavy atom. The molecule has 2 rings (SSSR count). The molecule has 4 nitrogen and oxygen atoms in total.